The van der Waals surface area contributed by atoms with E-state index in [9.17, 15) is 0 Å². The molecule has 0 aliphatic carbocycles. The van der Waals surface area contributed by atoms with Crippen LogP contribution in [0.1, 0.15) is 0 Å². The zero-order valence-electron chi connectivity index (χ0n) is 13.1. The highest BCUT2D eigenvalue weighted by Gasteiger charge is 2.45. The highest BCUT2D eigenvalue weighted by atomic mass is 28.3. The highest BCUT2D eigenvalue weighted by Crippen LogP contribution is 2.28. The quantitative estimate of drug-likeness (QED) is 0.600. The van der Waals surface area contributed by atoms with Crippen LogP contribution in [0, 0.1) is 0 Å². The fourth-order valence-corrected chi connectivity index (χ4v) is 8.73. The van der Waals surface area contributed by atoms with E-state index in [1.807, 2.05) is 0 Å². The molecule has 0 amide bonds. The maximum atomic E-state index is 4.04. The summed E-state index contributed by atoms with van der Waals surface area (Å²) >= 11 is 0. The summed E-state index contributed by atoms with van der Waals surface area (Å²) in [5.41, 5.74) is 0. The van der Waals surface area contributed by atoms with Crippen LogP contribution in [-0.2, 0) is 0 Å². The van der Waals surface area contributed by atoms with Gasteiger partial charge in [-0.2, -0.15) is 0 Å². The molecule has 1 aliphatic rings. The number of hydrogen-bond donors (Lipinski definition) is 0. The largest absolute Gasteiger partial charge is 0.272 e. The Balaban J connectivity index is 2.04. The minimum Gasteiger partial charge on any atom is -0.272 e. The third kappa shape index (κ3) is 2.49. The van der Waals surface area contributed by atoms with Gasteiger partial charge in [-0.05, 0) is 13.2 Å². The van der Waals surface area contributed by atoms with Gasteiger partial charge in [0.25, 0.3) is 0 Å². The van der Waals surface area contributed by atoms with Crippen LogP contribution >= 0.6 is 0 Å². The average molecular weight is 307 g/mol. The summed E-state index contributed by atoms with van der Waals surface area (Å²) in [5, 5.41) is 3.12. The molecule has 0 aromatic heterocycles. The first kappa shape index (κ1) is 15.0. The van der Waals surface area contributed by atoms with Crippen LogP contribution in [0.2, 0.25) is 12.1 Å². The highest BCUT2D eigenvalue weighted by molar-refractivity contribution is 7.02. The van der Waals surface area contributed by atoms with Crippen LogP contribution in [-0.4, -0.2) is 25.6 Å². The van der Waals surface area contributed by atoms with E-state index in [0.717, 1.165) is 17.6 Å². The molecule has 0 bridgehead atoms. The van der Waals surface area contributed by atoms with E-state index in [1.165, 1.54) is 12.1 Å². The lowest BCUT2D eigenvalue weighted by molar-refractivity contribution is -0.825. The fourth-order valence-electron chi connectivity index (χ4n) is 3.73. The molecule has 0 atom stereocenters. The van der Waals surface area contributed by atoms with Gasteiger partial charge in [0, 0.05) is 12.1 Å². The second kappa shape index (κ2) is 6.07. The Labute approximate surface area is 134 Å². The molecule has 0 unspecified atom stereocenters. The first-order valence-electron chi connectivity index (χ1n) is 7.99. The standard InChI is InChI=1S/C20H24NSi/c1-3-21(4-2)15-17-22(18-16-21,19-11-7-5-8-12-19)20-13-9-6-10-14-20/h3-14H,1-2,15-18H2/q+1. The molecule has 0 spiro atoms. The molecule has 1 saturated heterocycles. The summed E-state index contributed by atoms with van der Waals surface area (Å²) in [6, 6.07) is 24.8. The van der Waals surface area contributed by atoms with E-state index in [2.05, 4.69) is 86.2 Å². The van der Waals surface area contributed by atoms with Gasteiger partial charge in [-0.25, -0.2) is 0 Å². The van der Waals surface area contributed by atoms with Gasteiger partial charge in [0.1, 0.15) is 8.07 Å². The first-order chi connectivity index (χ1) is 10.7. The van der Waals surface area contributed by atoms with E-state index in [-0.39, 0.29) is 0 Å². The fraction of sp³-hybridized carbons (Fsp3) is 0.200. The van der Waals surface area contributed by atoms with E-state index in [0.29, 0.717) is 0 Å². The van der Waals surface area contributed by atoms with Gasteiger partial charge in [-0.1, -0.05) is 71.0 Å². The zero-order chi connectivity index (χ0) is 15.5. The Morgan fingerprint density at radius 2 is 1.14 bits per heavy atom. The minimum absolute atomic E-state index is 0.842. The van der Waals surface area contributed by atoms with E-state index >= 15 is 0 Å². The second-order valence-electron chi connectivity index (χ2n) is 6.23. The summed E-state index contributed by atoms with van der Waals surface area (Å²) in [6.07, 6.45) is 4.11. The number of rotatable bonds is 4. The number of nitrogens with zero attached hydrogens (tertiary/aromatic N) is 1. The molecule has 1 nitrogen and oxygen atoms in total. The van der Waals surface area contributed by atoms with Crippen molar-refractivity contribution in [3.05, 3.63) is 86.2 Å². The maximum absolute atomic E-state index is 4.04. The van der Waals surface area contributed by atoms with Crippen LogP contribution in [0.15, 0.2) is 86.2 Å². The van der Waals surface area contributed by atoms with Gasteiger partial charge in [-0.15, -0.1) is 0 Å². The molecule has 2 heteroatoms. The van der Waals surface area contributed by atoms with Gasteiger partial charge in [0.15, 0.2) is 0 Å². The predicted octanol–water partition coefficient (Wildman–Crippen LogP) is 3.37. The van der Waals surface area contributed by atoms with E-state index in [4.69, 9.17) is 0 Å². The van der Waals surface area contributed by atoms with Gasteiger partial charge in [0.2, 0.25) is 0 Å². The van der Waals surface area contributed by atoms with Crippen molar-refractivity contribution in [2.24, 2.45) is 0 Å². The molecule has 0 radical (unpaired) electrons. The lowest BCUT2D eigenvalue weighted by Crippen LogP contribution is -2.65. The van der Waals surface area contributed by atoms with Crippen molar-refractivity contribution in [3.63, 3.8) is 0 Å². The molecule has 1 aliphatic heterocycles. The average Bonchev–Trinajstić information content (AvgIpc) is 2.63. The summed E-state index contributed by atoms with van der Waals surface area (Å²) in [4.78, 5) is 0. The molecule has 112 valence electrons. The lowest BCUT2D eigenvalue weighted by Gasteiger charge is -2.44. The predicted molar refractivity (Wildman–Crippen MR) is 97.9 cm³/mol. The Bertz CT molecular complexity index is 588. The number of hydrogen-bond acceptors (Lipinski definition) is 0. The van der Waals surface area contributed by atoms with Crippen LogP contribution in [0.3, 0.4) is 0 Å². The normalized spacial score (nSPS) is 19.3. The molecule has 22 heavy (non-hydrogen) atoms. The monoisotopic (exact) mass is 306 g/mol. The SMILES string of the molecule is C=C[N+]1(C=C)CC[Si](c2ccccc2)(c2ccccc2)CC1. The van der Waals surface area contributed by atoms with Gasteiger partial charge >= 0.3 is 0 Å². The van der Waals surface area contributed by atoms with E-state index in [1.54, 1.807) is 10.4 Å². The maximum Gasteiger partial charge on any atom is 0.129 e. The molecule has 1 fully saturated rings. The second-order valence-corrected chi connectivity index (χ2v) is 10.5. The molecule has 2 aromatic carbocycles. The van der Waals surface area contributed by atoms with Crippen LogP contribution < -0.4 is 10.4 Å². The molecule has 1 heterocycles. The van der Waals surface area contributed by atoms with Gasteiger partial charge < -0.3 is 0 Å². The Morgan fingerprint density at radius 3 is 1.50 bits per heavy atom. The molecular weight excluding hydrogens is 282 g/mol. The van der Waals surface area contributed by atoms with Crippen molar-refractivity contribution in [2.75, 3.05) is 13.1 Å². The smallest absolute Gasteiger partial charge is 0.129 e. The van der Waals surface area contributed by atoms with Crippen molar-refractivity contribution >= 4 is 18.4 Å². The molecular formula is C20H24NSi+. The van der Waals surface area contributed by atoms with Crippen LogP contribution in [0.5, 0.6) is 0 Å². The van der Waals surface area contributed by atoms with Crippen molar-refractivity contribution in [1.82, 2.24) is 0 Å². The lowest BCUT2D eigenvalue weighted by atomic mass is 10.3. The van der Waals surface area contributed by atoms with Crippen molar-refractivity contribution in [2.45, 2.75) is 12.1 Å². The summed E-state index contributed by atoms with van der Waals surface area (Å²) < 4.78 is 0.842. The Kier molecular flexibility index (Phi) is 4.14. The number of benzene rings is 2. The third-order valence-corrected chi connectivity index (χ3v) is 10.3. The number of quaternary nitrogens is 1. The molecule has 0 N–H and O–H groups in total. The summed E-state index contributed by atoms with van der Waals surface area (Å²) in [5.74, 6) is 0. The minimum atomic E-state index is -1.67. The van der Waals surface area contributed by atoms with Gasteiger partial charge in [0.05, 0.1) is 25.5 Å². The Morgan fingerprint density at radius 1 is 0.727 bits per heavy atom. The van der Waals surface area contributed by atoms with Crippen LogP contribution in [0.4, 0.5) is 0 Å². The molecule has 2 aromatic rings. The Hall–Kier alpha value is -1.90. The van der Waals surface area contributed by atoms with Crippen molar-refractivity contribution in [3.8, 4) is 0 Å². The van der Waals surface area contributed by atoms with Gasteiger partial charge in [-0.3, -0.25) is 4.48 Å². The zero-order valence-corrected chi connectivity index (χ0v) is 14.1. The topological polar surface area (TPSA) is 0 Å². The van der Waals surface area contributed by atoms with Crippen molar-refractivity contribution in [1.29, 1.82) is 0 Å². The third-order valence-electron chi connectivity index (χ3n) is 5.29. The molecule has 0 saturated carbocycles. The van der Waals surface area contributed by atoms with Crippen molar-refractivity contribution < 1.29 is 4.48 Å². The van der Waals surface area contributed by atoms with E-state index < -0.39 is 8.07 Å². The first-order valence-corrected chi connectivity index (χ1v) is 10.4. The summed E-state index contributed by atoms with van der Waals surface area (Å²) in [6.45, 7) is 10.3. The molecule has 3 rings (SSSR count). The summed E-state index contributed by atoms with van der Waals surface area (Å²) in [7, 11) is -1.67. The van der Waals surface area contributed by atoms with Crippen LogP contribution in [0.25, 0.3) is 0 Å².